The number of hydrogen-bond donors (Lipinski definition) is 5. The Morgan fingerprint density at radius 1 is 1.14 bits per heavy atom. The summed E-state index contributed by atoms with van der Waals surface area (Å²) in [6.45, 7) is 4.48. The summed E-state index contributed by atoms with van der Waals surface area (Å²) in [6, 6.07) is 6.64. The normalized spacial score (nSPS) is 17.2. The van der Waals surface area contributed by atoms with Crippen LogP contribution in [0.15, 0.2) is 35.3 Å². The molecule has 4 atom stereocenters. The topological polar surface area (TPSA) is 195 Å². The summed E-state index contributed by atoms with van der Waals surface area (Å²) in [4.78, 5) is 56.3. The largest absolute Gasteiger partial charge is 0.445 e. The van der Waals surface area contributed by atoms with Crippen LogP contribution in [0.25, 0.3) is 0 Å². The molecule has 12 heteroatoms. The summed E-state index contributed by atoms with van der Waals surface area (Å²) in [5.74, 6) is -1.78. The first-order chi connectivity index (χ1) is 17.6. The van der Waals surface area contributed by atoms with Crippen molar-refractivity contribution >= 4 is 29.8 Å². The van der Waals surface area contributed by atoms with Gasteiger partial charge in [-0.3, -0.25) is 19.4 Å². The third kappa shape index (κ3) is 9.28. The Kier molecular flexibility index (Phi) is 11.7. The van der Waals surface area contributed by atoms with Crippen LogP contribution in [0.4, 0.5) is 4.79 Å². The van der Waals surface area contributed by atoms with Gasteiger partial charge in [-0.25, -0.2) is 4.79 Å². The van der Waals surface area contributed by atoms with Gasteiger partial charge in [-0.2, -0.15) is 0 Å². The monoisotopic (exact) mass is 517 g/mol. The van der Waals surface area contributed by atoms with Gasteiger partial charge in [0.05, 0.1) is 0 Å². The number of rotatable bonds is 13. The number of likely N-dealkylation sites (tertiary alicyclic amines) is 1. The zero-order chi connectivity index (χ0) is 27.4. The molecule has 1 aliphatic rings. The number of nitrogens with two attached hydrogens (primary N) is 3. The van der Waals surface area contributed by atoms with Gasteiger partial charge < -0.3 is 37.5 Å². The summed E-state index contributed by atoms with van der Waals surface area (Å²) in [7, 11) is 0. The first-order valence-electron chi connectivity index (χ1n) is 12.6. The Labute approximate surface area is 217 Å². The van der Waals surface area contributed by atoms with E-state index in [4.69, 9.17) is 21.9 Å². The van der Waals surface area contributed by atoms with Crippen molar-refractivity contribution in [2.45, 2.75) is 70.7 Å². The van der Waals surface area contributed by atoms with E-state index < -0.39 is 36.0 Å². The zero-order valence-corrected chi connectivity index (χ0v) is 21.5. The van der Waals surface area contributed by atoms with Gasteiger partial charge in [0.15, 0.2) is 5.96 Å². The predicted octanol–water partition coefficient (Wildman–Crippen LogP) is 0.342. The summed E-state index contributed by atoms with van der Waals surface area (Å²) >= 11 is 0. The minimum Gasteiger partial charge on any atom is -0.445 e. The van der Waals surface area contributed by atoms with Crippen molar-refractivity contribution in [3.63, 3.8) is 0 Å². The molecule has 0 aromatic heterocycles. The maximum Gasteiger partial charge on any atom is 0.408 e. The fourth-order valence-electron chi connectivity index (χ4n) is 4.11. The number of ether oxygens (including phenoxy) is 1. The van der Waals surface area contributed by atoms with E-state index in [-0.39, 0.29) is 30.8 Å². The van der Waals surface area contributed by atoms with Gasteiger partial charge in [-0.15, -0.1) is 0 Å². The van der Waals surface area contributed by atoms with Gasteiger partial charge in [-0.05, 0) is 37.2 Å². The highest BCUT2D eigenvalue weighted by molar-refractivity contribution is 5.94. The number of aliphatic imine (C=N–C) groups is 1. The Morgan fingerprint density at radius 2 is 1.84 bits per heavy atom. The fourth-order valence-corrected chi connectivity index (χ4v) is 4.11. The Bertz CT molecular complexity index is 952. The molecule has 4 amide bonds. The number of carbonyl (C=O) groups is 4. The van der Waals surface area contributed by atoms with Crippen LogP contribution in [-0.2, 0) is 25.7 Å². The molecule has 0 bridgehead atoms. The van der Waals surface area contributed by atoms with Crippen molar-refractivity contribution < 1.29 is 23.9 Å². The minimum atomic E-state index is -0.921. The molecule has 0 aliphatic carbocycles. The van der Waals surface area contributed by atoms with Crippen LogP contribution in [0.1, 0.15) is 51.5 Å². The lowest BCUT2D eigenvalue weighted by atomic mass is 9.97. The molecule has 0 saturated carbocycles. The minimum absolute atomic E-state index is 0.0619. The number of hydrogen-bond acceptors (Lipinski definition) is 6. The van der Waals surface area contributed by atoms with Crippen LogP contribution >= 0.6 is 0 Å². The standard InChI is InChI=1S/C25H39N7O5/c1-3-16(2)20(31-25(36)37-15-17-9-5-4-6-10-17)23(35)32-14-8-12-19(32)22(34)30-18(21(26)33)11-7-13-29-24(27)28/h4-6,9-10,16,18-20H,3,7-8,11-15H2,1-2H3,(H2,26,33)(H,30,34)(H,31,36)(H4,27,28,29)/t16-,18-,19-,20-/m0/s1. The van der Waals surface area contributed by atoms with Crippen LogP contribution in [0.5, 0.6) is 0 Å². The van der Waals surface area contributed by atoms with Gasteiger partial charge in [0, 0.05) is 13.1 Å². The third-order valence-electron chi connectivity index (χ3n) is 6.41. The highest BCUT2D eigenvalue weighted by atomic mass is 16.5. The average Bonchev–Trinajstić information content (AvgIpc) is 3.37. The van der Waals surface area contributed by atoms with Crippen molar-refractivity contribution in [2.24, 2.45) is 28.1 Å². The number of alkyl carbamates (subject to hydrolysis) is 1. The lowest BCUT2D eigenvalue weighted by molar-refractivity contribution is -0.141. The van der Waals surface area contributed by atoms with Crippen molar-refractivity contribution in [1.82, 2.24) is 15.5 Å². The quantitative estimate of drug-likeness (QED) is 0.141. The molecule has 1 aliphatic heterocycles. The van der Waals surface area contributed by atoms with Crippen molar-refractivity contribution in [3.05, 3.63) is 35.9 Å². The number of nitrogens with one attached hydrogen (secondary N) is 2. The van der Waals surface area contributed by atoms with Crippen LogP contribution in [-0.4, -0.2) is 65.9 Å². The lowest BCUT2D eigenvalue weighted by Crippen LogP contribution is -2.57. The molecule has 204 valence electrons. The van der Waals surface area contributed by atoms with Crippen LogP contribution in [0.3, 0.4) is 0 Å². The van der Waals surface area contributed by atoms with E-state index in [1.807, 2.05) is 44.2 Å². The van der Waals surface area contributed by atoms with Gasteiger partial charge in [0.1, 0.15) is 24.7 Å². The molecule has 1 saturated heterocycles. The molecule has 0 spiro atoms. The van der Waals surface area contributed by atoms with E-state index in [0.29, 0.717) is 38.8 Å². The maximum atomic E-state index is 13.5. The second-order valence-electron chi connectivity index (χ2n) is 9.17. The van der Waals surface area contributed by atoms with E-state index >= 15 is 0 Å². The molecular formula is C25H39N7O5. The predicted molar refractivity (Wildman–Crippen MR) is 139 cm³/mol. The number of primary amides is 1. The SMILES string of the molecule is CC[C@H](C)[C@H](NC(=O)OCc1ccccc1)C(=O)N1CCC[C@H]1C(=O)N[C@@H](CCCN=C(N)N)C(N)=O. The van der Waals surface area contributed by atoms with Gasteiger partial charge in [-0.1, -0.05) is 50.6 Å². The van der Waals surface area contributed by atoms with Gasteiger partial charge >= 0.3 is 6.09 Å². The molecule has 1 aromatic carbocycles. The number of amides is 4. The smallest absolute Gasteiger partial charge is 0.408 e. The molecule has 0 unspecified atom stereocenters. The first kappa shape index (κ1) is 29.4. The average molecular weight is 518 g/mol. The van der Waals surface area contributed by atoms with E-state index in [1.165, 1.54) is 4.90 Å². The van der Waals surface area contributed by atoms with Crippen molar-refractivity contribution in [3.8, 4) is 0 Å². The van der Waals surface area contributed by atoms with Crippen molar-refractivity contribution in [1.29, 1.82) is 0 Å². The number of carbonyl (C=O) groups excluding carboxylic acids is 4. The summed E-state index contributed by atoms with van der Waals surface area (Å²) in [6.07, 6.45) is 1.65. The molecule has 0 radical (unpaired) electrons. The first-order valence-corrected chi connectivity index (χ1v) is 12.6. The molecule has 1 fully saturated rings. The highest BCUT2D eigenvalue weighted by Gasteiger charge is 2.40. The van der Waals surface area contributed by atoms with Gasteiger partial charge in [0.2, 0.25) is 17.7 Å². The molecule has 12 nitrogen and oxygen atoms in total. The molecule has 8 N–H and O–H groups in total. The van der Waals surface area contributed by atoms with Crippen LogP contribution in [0.2, 0.25) is 0 Å². The van der Waals surface area contributed by atoms with E-state index in [2.05, 4.69) is 15.6 Å². The Hall–Kier alpha value is -3.83. The molecular weight excluding hydrogens is 478 g/mol. The second-order valence-corrected chi connectivity index (χ2v) is 9.17. The molecule has 37 heavy (non-hydrogen) atoms. The Balaban J connectivity index is 2.03. The summed E-state index contributed by atoms with van der Waals surface area (Å²) in [5.41, 5.74) is 16.9. The second kappa shape index (κ2) is 14.7. The highest BCUT2D eigenvalue weighted by Crippen LogP contribution is 2.22. The maximum absolute atomic E-state index is 13.5. The van der Waals surface area contributed by atoms with E-state index in [1.54, 1.807) is 0 Å². The fraction of sp³-hybridized carbons (Fsp3) is 0.560. The third-order valence-corrected chi connectivity index (χ3v) is 6.41. The van der Waals surface area contributed by atoms with Crippen molar-refractivity contribution in [2.75, 3.05) is 13.1 Å². The summed E-state index contributed by atoms with van der Waals surface area (Å²) in [5, 5.41) is 5.35. The molecule has 1 heterocycles. The Morgan fingerprint density at radius 3 is 2.46 bits per heavy atom. The number of benzene rings is 1. The molecule has 2 rings (SSSR count). The summed E-state index contributed by atoms with van der Waals surface area (Å²) < 4.78 is 5.30. The zero-order valence-electron chi connectivity index (χ0n) is 21.5. The van der Waals surface area contributed by atoms with Crippen LogP contribution in [0, 0.1) is 5.92 Å². The van der Waals surface area contributed by atoms with Crippen LogP contribution < -0.4 is 27.8 Å². The number of nitrogens with zero attached hydrogens (tertiary/aromatic N) is 2. The molecule has 1 aromatic rings. The van der Waals surface area contributed by atoms with E-state index in [9.17, 15) is 19.2 Å². The van der Waals surface area contributed by atoms with Gasteiger partial charge in [0.25, 0.3) is 0 Å². The van der Waals surface area contributed by atoms with E-state index in [0.717, 1.165) is 5.56 Å². The number of guanidine groups is 1. The lowest BCUT2D eigenvalue weighted by Gasteiger charge is -2.31.